The summed E-state index contributed by atoms with van der Waals surface area (Å²) in [5, 5.41) is 12.4. The van der Waals surface area contributed by atoms with Crippen LogP contribution in [0.1, 0.15) is 46.1 Å². The van der Waals surface area contributed by atoms with Crippen molar-refractivity contribution in [3.8, 4) is 0 Å². The molecule has 1 aromatic heterocycles. The molecular formula is C20H31N3O5. The van der Waals surface area contributed by atoms with Gasteiger partial charge in [-0.05, 0) is 71.3 Å². The van der Waals surface area contributed by atoms with Crippen LogP contribution in [0, 0.1) is 5.41 Å². The molecule has 2 N–H and O–H groups in total. The number of anilines is 1. The Hall–Kier alpha value is -2.19. The molecule has 1 fully saturated rings. The maximum atomic E-state index is 12.2. The van der Waals surface area contributed by atoms with Crippen LogP contribution >= 0.6 is 0 Å². The molecule has 0 unspecified atom stereocenters. The number of likely N-dealkylation sites (tertiary alicyclic amines) is 1. The second kappa shape index (κ2) is 9.34. The van der Waals surface area contributed by atoms with Crippen LogP contribution in [0.15, 0.2) is 18.3 Å². The van der Waals surface area contributed by atoms with E-state index < -0.39 is 17.1 Å². The van der Waals surface area contributed by atoms with Crippen LogP contribution in [0.2, 0.25) is 0 Å². The van der Waals surface area contributed by atoms with Crippen molar-refractivity contribution in [1.82, 2.24) is 9.88 Å². The second-order valence-electron chi connectivity index (χ2n) is 8.11. The van der Waals surface area contributed by atoms with E-state index in [1.165, 1.54) is 0 Å². The number of carbonyl (C=O) groups excluding carboxylic acids is 2. The van der Waals surface area contributed by atoms with E-state index in [4.69, 9.17) is 9.47 Å². The summed E-state index contributed by atoms with van der Waals surface area (Å²) in [5.41, 5.74) is -0.379. The summed E-state index contributed by atoms with van der Waals surface area (Å²) in [4.78, 5) is 30.5. The number of aromatic nitrogens is 1. The van der Waals surface area contributed by atoms with Crippen molar-refractivity contribution < 1.29 is 24.2 Å². The van der Waals surface area contributed by atoms with Gasteiger partial charge in [-0.15, -0.1) is 0 Å². The Morgan fingerprint density at radius 3 is 2.57 bits per heavy atom. The maximum Gasteiger partial charge on any atom is 0.413 e. The van der Waals surface area contributed by atoms with Crippen LogP contribution in [-0.4, -0.2) is 59.0 Å². The summed E-state index contributed by atoms with van der Waals surface area (Å²) in [6.07, 6.45) is 2.20. The zero-order chi connectivity index (χ0) is 20.8. The number of piperidine rings is 1. The van der Waals surface area contributed by atoms with Crippen molar-refractivity contribution in [3.05, 3.63) is 23.9 Å². The second-order valence-corrected chi connectivity index (χ2v) is 8.11. The lowest BCUT2D eigenvalue weighted by molar-refractivity contribution is -0.161. The van der Waals surface area contributed by atoms with Gasteiger partial charge in [0.1, 0.15) is 11.4 Å². The molecule has 0 atom stereocenters. The van der Waals surface area contributed by atoms with Crippen LogP contribution < -0.4 is 5.32 Å². The minimum absolute atomic E-state index is 0.196. The molecule has 1 aliphatic rings. The molecule has 8 nitrogen and oxygen atoms in total. The summed E-state index contributed by atoms with van der Waals surface area (Å²) in [7, 11) is 0. The molecule has 1 amide bonds. The largest absolute Gasteiger partial charge is 0.465 e. The van der Waals surface area contributed by atoms with E-state index in [2.05, 4.69) is 15.2 Å². The lowest BCUT2D eigenvalue weighted by atomic mass is 9.79. The number of ether oxygens (including phenoxy) is 2. The van der Waals surface area contributed by atoms with Crippen LogP contribution in [-0.2, 0) is 20.8 Å². The molecule has 0 aliphatic carbocycles. The molecule has 1 aromatic rings. The van der Waals surface area contributed by atoms with E-state index in [-0.39, 0.29) is 12.6 Å². The van der Waals surface area contributed by atoms with Gasteiger partial charge in [0, 0.05) is 12.7 Å². The van der Waals surface area contributed by atoms with Crippen LogP contribution in [0.4, 0.5) is 10.6 Å². The number of aliphatic hydroxyl groups is 1. The van der Waals surface area contributed by atoms with Gasteiger partial charge >= 0.3 is 12.1 Å². The van der Waals surface area contributed by atoms with Gasteiger partial charge in [-0.3, -0.25) is 15.0 Å². The fourth-order valence-electron chi connectivity index (χ4n) is 3.16. The minimum Gasteiger partial charge on any atom is -0.465 e. The summed E-state index contributed by atoms with van der Waals surface area (Å²) >= 11 is 0. The van der Waals surface area contributed by atoms with Crippen LogP contribution in [0.5, 0.6) is 0 Å². The van der Waals surface area contributed by atoms with Gasteiger partial charge < -0.3 is 14.6 Å². The third-order valence-corrected chi connectivity index (χ3v) is 4.68. The van der Waals surface area contributed by atoms with E-state index in [0.717, 1.165) is 5.56 Å². The predicted molar refractivity (Wildman–Crippen MR) is 105 cm³/mol. The number of amides is 1. The highest BCUT2D eigenvalue weighted by atomic mass is 16.6. The third kappa shape index (κ3) is 6.17. The first-order valence-electron chi connectivity index (χ1n) is 9.63. The maximum absolute atomic E-state index is 12.2. The molecule has 0 radical (unpaired) electrons. The Morgan fingerprint density at radius 1 is 1.32 bits per heavy atom. The van der Waals surface area contributed by atoms with E-state index >= 15 is 0 Å². The molecule has 0 spiro atoms. The average molecular weight is 393 g/mol. The topological polar surface area (TPSA) is 101 Å². The van der Waals surface area contributed by atoms with Gasteiger partial charge in [-0.2, -0.15) is 0 Å². The molecule has 156 valence electrons. The van der Waals surface area contributed by atoms with E-state index in [1.54, 1.807) is 33.9 Å². The number of rotatable bonds is 6. The molecular weight excluding hydrogens is 362 g/mol. The Morgan fingerprint density at radius 2 is 2.00 bits per heavy atom. The number of pyridine rings is 1. The minimum atomic E-state index is -0.797. The quantitative estimate of drug-likeness (QED) is 0.716. The van der Waals surface area contributed by atoms with Gasteiger partial charge in [0.05, 0.1) is 18.6 Å². The van der Waals surface area contributed by atoms with Gasteiger partial charge in [0.25, 0.3) is 0 Å². The molecule has 2 rings (SSSR count). The predicted octanol–water partition coefficient (Wildman–Crippen LogP) is 2.57. The fraction of sp³-hybridized carbons (Fsp3) is 0.650. The lowest BCUT2D eigenvalue weighted by Gasteiger charge is -2.38. The number of hydrogen-bond acceptors (Lipinski definition) is 7. The van der Waals surface area contributed by atoms with Crippen molar-refractivity contribution in [2.75, 3.05) is 31.6 Å². The Bertz CT molecular complexity index is 679. The average Bonchev–Trinajstić information content (AvgIpc) is 2.61. The molecule has 28 heavy (non-hydrogen) atoms. The van der Waals surface area contributed by atoms with E-state index in [1.807, 2.05) is 12.1 Å². The van der Waals surface area contributed by atoms with Gasteiger partial charge in [0.2, 0.25) is 0 Å². The lowest BCUT2D eigenvalue weighted by Crippen LogP contribution is -2.47. The normalized spacial score (nSPS) is 17.0. The Kier molecular flexibility index (Phi) is 7.37. The fourth-order valence-corrected chi connectivity index (χ4v) is 3.16. The first-order chi connectivity index (χ1) is 13.2. The standard InChI is InChI=1S/C20H31N3O5/c1-5-27-17(25)20(14-24)7-10-23(11-8-20)13-15-6-9-21-16(12-15)22-18(26)28-19(2,3)4/h6,9,12,24H,5,7-8,10-11,13-14H2,1-4H3,(H,21,22,26). The zero-order valence-electron chi connectivity index (χ0n) is 17.2. The summed E-state index contributed by atoms with van der Waals surface area (Å²) in [6, 6.07) is 3.70. The van der Waals surface area contributed by atoms with Gasteiger partial charge in [-0.1, -0.05) is 0 Å². The van der Waals surface area contributed by atoms with Crippen molar-refractivity contribution in [1.29, 1.82) is 0 Å². The van der Waals surface area contributed by atoms with Crippen LogP contribution in [0.25, 0.3) is 0 Å². The van der Waals surface area contributed by atoms with E-state index in [9.17, 15) is 14.7 Å². The van der Waals surface area contributed by atoms with Crippen LogP contribution in [0.3, 0.4) is 0 Å². The number of aliphatic hydroxyl groups excluding tert-OH is 1. The number of nitrogens with zero attached hydrogens (tertiary/aromatic N) is 2. The summed E-state index contributed by atoms with van der Waals surface area (Å²) in [6.45, 7) is 9.31. The SMILES string of the molecule is CCOC(=O)C1(CO)CCN(Cc2ccnc(NC(=O)OC(C)(C)C)c2)CC1. The Labute approximate surface area is 166 Å². The molecule has 1 aliphatic heterocycles. The number of hydrogen-bond donors (Lipinski definition) is 2. The van der Waals surface area contributed by atoms with Crippen molar-refractivity contribution in [2.45, 2.75) is 52.7 Å². The number of carbonyl (C=O) groups is 2. The zero-order valence-corrected chi connectivity index (χ0v) is 17.2. The number of esters is 1. The van der Waals surface area contributed by atoms with Crippen molar-refractivity contribution >= 4 is 17.9 Å². The van der Waals surface area contributed by atoms with Gasteiger partial charge in [-0.25, -0.2) is 9.78 Å². The molecule has 0 saturated carbocycles. The smallest absolute Gasteiger partial charge is 0.413 e. The highest BCUT2D eigenvalue weighted by Gasteiger charge is 2.42. The summed E-state index contributed by atoms with van der Waals surface area (Å²) in [5.74, 6) is 0.116. The monoisotopic (exact) mass is 393 g/mol. The molecule has 0 aromatic carbocycles. The molecule has 8 heteroatoms. The number of nitrogens with one attached hydrogen (secondary N) is 1. The summed E-state index contributed by atoms with van der Waals surface area (Å²) < 4.78 is 10.4. The molecule has 1 saturated heterocycles. The first-order valence-corrected chi connectivity index (χ1v) is 9.63. The van der Waals surface area contributed by atoms with Gasteiger partial charge in [0.15, 0.2) is 0 Å². The molecule has 2 heterocycles. The van der Waals surface area contributed by atoms with Crippen molar-refractivity contribution in [3.63, 3.8) is 0 Å². The van der Waals surface area contributed by atoms with E-state index in [0.29, 0.717) is 44.9 Å². The third-order valence-electron chi connectivity index (χ3n) is 4.68. The highest BCUT2D eigenvalue weighted by Crippen LogP contribution is 2.33. The molecule has 0 bridgehead atoms. The highest BCUT2D eigenvalue weighted by molar-refractivity contribution is 5.83. The Balaban J connectivity index is 1.93. The van der Waals surface area contributed by atoms with Crippen molar-refractivity contribution in [2.24, 2.45) is 5.41 Å². The first kappa shape index (κ1) is 22.1.